The Morgan fingerprint density at radius 1 is 1.09 bits per heavy atom. The van der Waals surface area contributed by atoms with Gasteiger partial charge in [0.05, 0.1) is 0 Å². The highest BCUT2D eigenvalue weighted by atomic mass is 35.5. The summed E-state index contributed by atoms with van der Waals surface area (Å²) in [5.74, 6) is 1.18. The van der Waals surface area contributed by atoms with E-state index < -0.39 is 0 Å². The van der Waals surface area contributed by atoms with Crippen molar-refractivity contribution in [2.45, 2.75) is 19.6 Å². The Balaban J connectivity index is 1.31. The van der Waals surface area contributed by atoms with Crippen molar-refractivity contribution < 1.29 is 18.3 Å². The van der Waals surface area contributed by atoms with Crippen LogP contribution in [0.25, 0.3) is 0 Å². The summed E-state index contributed by atoms with van der Waals surface area (Å²) in [5.41, 5.74) is 1.54. The normalized spacial score (nSPS) is 14.3. The molecule has 1 amide bonds. The number of hydrogen-bond acceptors (Lipinski definition) is 4. The number of ether oxygens (including phenoxy) is 1. The van der Waals surface area contributed by atoms with Crippen LogP contribution < -0.4 is 4.74 Å². The van der Waals surface area contributed by atoms with E-state index in [0.29, 0.717) is 61.3 Å². The SMILES string of the molecule is C=CCc1ccccc1OCc1ccc(C(=O)N2CCN(Cc3c(F)cccc3Cl)CC2)o1. The number of rotatable bonds is 8. The van der Waals surface area contributed by atoms with Gasteiger partial charge >= 0.3 is 0 Å². The standard InChI is InChI=1S/C26H26ClFN2O3/c1-2-6-19-7-3-4-10-24(19)32-18-20-11-12-25(33-20)26(31)30-15-13-29(14-16-30)17-21-22(27)8-5-9-23(21)28/h2-5,7-12H,1,6,13-18H2. The third-order valence-electron chi connectivity index (χ3n) is 5.68. The van der Waals surface area contributed by atoms with Gasteiger partial charge in [0.25, 0.3) is 5.91 Å². The lowest BCUT2D eigenvalue weighted by molar-refractivity contribution is 0.0592. The molecule has 1 fully saturated rings. The number of piperazine rings is 1. The van der Waals surface area contributed by atoms with Crippen molar-refractivity contribution in [1.82, 2.24) is 9.80 Å². The molecular weight excluding hydrogens is 443 g/mol. The first-order chi connectivity index (χ1) is 16.0. The molecule has 33 heavy (non-hydrogen) atoms. The highest BCUT2D eigenvalue weighted by Gasteiger charge is 2.25. The lowest BCUT2D eigenvalue weighted by Gasteiger charge is -2.34. The van der Waals surface area contributed by atoms with Gasteiger partial charge in [-0.1, -0.05) is 41.9 Å². The minimum Gasteiger partial charge on any atom is -0.485 e. The van der Waals surface area contributed by atoms with Crippen molar-refractivity contribution in [3.05, 3.63) is 101 Å². The van der Waals surface area contributed by atoms with Crippen LogP contribution in [-0.4, -0.2) is 41.9 Å². The lowest BCUT2D eigenvalue weighted by atomic mass is 10.1. The van der Waals surface area contributed by atoms with Gasteiger partial charge in [0.15, 0.2) is 5.76 Å². The number of amides is 1. The highest BCUT2D eigenvalue weighted by molar-refractivity contribution is 6.31. The first-order valence-corrected chi connectivity index (χ1v) is 11.3. The van der Waals surface area contributed by atoms with Gasteiger partial charge < -0.3 is 14.1 Å². The van der Waals surface area contributed by atoms with E-state index in [-0.39, 0.29) is 18.3 Å². The summed E-state index contributed by atoms with van der Waals surface area (Å²) in [7, 11) is 0. The quantitative estimate of drug-likeness (QED) is 0.419. The molecule has 0 unspecified atom stereocenters. The number of nitrogens with zero attached hydrogens (tertiary/aromatic N) is 2. The van der Waals surface area contributed by atoms with Crippen LogP contribution in [0.1, 0.15) is 27.4 Å². The summed E-state index contributed by atoms with van der Waals surface area (Å²) in [6.07, 6.45) is 2.55. The third-order valence-corrected chi connectivity index (χ3v) is 6.04. The molecule has 1 aromatic heterocycles. The monoisotopic (exact) mass is 468 g/mol. The smallest absolute Gasteiger partial charge is 0.289 e. The van der Waals surface area contributed by atoms with Gasteiger partial charge in [0.2, 0.25) is 0 Å². The van der Waals surface area contributed by atoms with E-state index in [1.807, 2.05) is 30.3 Å². The first kappa shape index (κ1) is 23.1. The summed E-state index contributed by atoms with van der Waals surface area (Å²) in [4.78, 5) is 16.7. The van der Waals surface area contributed by atoms with Gasteiger partial charge in [-0.2, -0.15) is 0 Å². The van der Waals surface area contributed by atoms with E-state index in [2.05, 4.69) is 11.5 Å². The molecule has 0 N–H and O–H groups in total. The Morgan fingerprint density at radius 2 is 1.88 bits per heavy atom. The molecule has 0 aliphatic carbocycles. The van der Waals surface area contributed by atoms with Crippen LogP contribution in [0.3, 0.4) is 0 Å². The molecule has 0 bridgehead atoms. The molecule has 2 aromatic carbocycles. The summed E-state index contributed by atoms with van der Waals surface area (Å²) in [6.45, 7) is 6.76. The van der Waals surface area contributed by atoms with Crippen LogP contribution in [-0.2, 0) is 19.6 Å². The van der Waals surface area contributed by atoms with E-state index in [1.165, 1.54) is 6.07 Å². The minimum atomic E-state index is -0.307. The predicted octanol–water partition coefficient (Wildman–Crippen LogP) is 5.34. The van der Waals surface area contributed by atoms with Crippen LogP contribution >= 0.6 is 11.6 Å². The third kappa shape index (κ3) is 5.64. The zero-order chi connectivity index (χ0) is 23.2. The number of para-hydroxylation sites is 1. The van der Waals surface area contributed by atoms with Crippen LogP contribution in [0.4, 0.5) is 4.39 Å². The Morgan fingerprint density at radius 3 is 2.64 bits per heavy atom. The van der Waals surface area contributed by atoms with Crippen LogP contribution in [0.5, 0.6) is 5.75 Å². The summed E-state index contributed by atoms with van der Waals surface area (Å²) < 4.78 is 25.7. The summed E-state index contributed by atoms with van der Waals surface area (Å²) in [5, 5.41) is 0.422. The van der Waals surface area contributed by atoms with Gasteiger partial charge in [-0.3, -0.25) is 9.69 Å². The van der Waals surface area contributed by atoms with Gasteiger partial charge in [-0.05, 0) is 42.3 Å². The van der Waals surface area contributed by atoms with Crippen LogP contribution in [0, 0.1) is 5.82 Å². The lowest BCUT2D eigenvalue weighted by Crippen LogP contribution is -2.48. The second-order valence-electron chi connectivity index (χ2n) is 7.92. The summed E-state index contributed by atoms with van der Waals surface area (Å²) in [6, 6.07) is 15.9. The number of hydrogen-bond donors (Lipinski definition) is 0. The minimum absolute atomic E-state index is 0.156. The zero-order valence-electron chi connectivity index (χ0n) is 18.3. The maximum atomic E-state index is 14.1. The van der Waals surface area contributed by atoms with Crippen molar-refractivity contribution in [2.24, 2.45) is 0 Å². The molecule has 7 heteroatoms. The fraction of sp³-hybridized carbons (Fsp3) is 0.269. The molecule has 1 aliphatic rings. The number of halogens is 2. The molecule has 3 aromatic rings. The van der Waals surface area contributed by atoms with Gasteiger partial charge in [0, 0.05) is 43.3 Å². The van der Waals surface area contributed by atoms with Gasteiger partial charge in [-0.25, -0.2) is 4.39 Å². The Labute approximate surface area is 198 Å². The van der Waals surface area contributed by atoms with E-state index in [0.717, 1.165) is 11.3 Å². The summed E-state index contributed by atoms with van der Waals surface area (Å²) >= 11 is 6.14. The number of carbonyl (C=O) groups is 1. The maximum absolute atomic E-state index is 14.1. The Kier molecular flexibility index (Phi) is 7.47. The molecule has 0 atom stereocenters. The second kappa shape index (κ2) is 10.7. The molecule has 0 saturated carbocycles. The topological polar surface area (TPSA) is 45.9 Å². The molecule has 1 saturated heterocycles. The van der Waals surface area contributed by atoms with E-state index in [9.17, 15) is 9.18 Å². The fourth-order valence-electron chi connectivity index (χ4n) is 3.86. The zero-order valence-corrected chi connectivity index (χ0v) is 19.1. The second-order valence-corrected chi connectivity index (χ2v) is 8.33. The maximum Gasteiger partial charge on any atom is 0.289 e. The Hall–Kier alpha value is -3.09. The van der Waals surface area contributed by atoms with Crippen LogP contribution in [0.2, 0.25) is 5.02 Å². The first-order valence-electron chi connectivity index (χ1n) is 10.9. The average molecular weight is 469 g/mol. The van der Waals surface area contributed by atoms with E-state index in [4.69, 9.17) is 20.8 Å². The van der Waals surface area contributed by atoms with E-state index >= 15 is 0 Å². The van der Waals surface area contributed by atoms with Gasteiger partial charge in [-0.15, -0.1) is 6.58 Å². The molecule has 2 heterocycles. The van der Waals surface area contributed by atoms with E-state index in [1.54, 1.807) is 29.2 Å². The van der Waals surface area contributed by atoms with Crippen LogP contribution in [0.15, 0.2) is 71.7 Å². The number of furan rings is 1. The fourth-order valence-corrected chi connectivity index (χ4v) is 4.08. The molecule has 0 spiro atoms. The van der Waals surface area contributed by atoms with Crippen molar-refractivity contribution in [2.75, 3.05) is 26.2 Å². The molecule has 4 rings (SSSR count). The molecule has 172 valence electrons. The average Bonchev–Trinajstić information content (AvgIpc) is 3.30. The van der Waals surface area contributed by atoms with Crippen molar-refractivity contribution in [1.29, 1.82) is 0 Å². The molecule has 5 nitrogen and oxygen atoms in total. The molecular formula is C26H26ClFN2O3. The predicted molar refractivity (Wildman–Crippen MR) is 126 cm³/mol. The van der Waals surface area contributed by atoms with Crippen molar-refractivity contribution in [3.8, 4) is 5.75 Å². The largest absolute Gasteiger partial charge is 0.485 e. The molecule has 0 radical (unpaired) electrons. The Bertz CT molecular complexity index is 1100. The highest BCUT2D eigenvalue weighted by Crippen LogP contribution is 2.23. The van der Waals surface area contributed by atoms with Crippen molar-refractivity contribution in [3.63, 3.8) is 0 Å². The van der Waals surface area contributed by atoms with Gasteiger partial charge in [0.1, 0.15) is 23.9 Å². The number of benzene rings is 2. The molecule has 1 aliphatic heterocycles. The number of carbonyl (C=O) groups excluding carboxylic acids is 1. The van der Waals surface area contributed by atoms with Crippen molar-refractivity contribution >= 4 is 17.5 Å². The number of allylic oxidation sites excluding steroid dienone is 1.